The van der Waals surface area contributed by atoms with Gasteiger partial charge in [-0.25, -0.2) is 5.48 Å². The van der Waals surface area contributed by atoms with Crippen molar-refractivity contribution in [1.82, 2.24) is 10.8 Å². The average Bonchev–Trinajstić information content (AvgIpc) is 2.39. The number of ether oxygens (including phenoxy) is 3. The summed E-state index contributed by atoms with van der Waals surface area (Å²) < 4.78 is 16.3. The summed E-state index contributed by atoms with van der Waals surface area (Å²) in [5.74, 6) is 0. The highest BCUT2D eigenvalue weighted by molar-refractivity contribution is 4.46. The van der Waals surface area contributed by atoms with Crippen LogP contribution in [-0.2, 0) is 19.0 Å². The van der Waals surface area contributed by atoms with E-state index in [2.05, 4.69) is 10.8 Å². The molecule has 0 aromatic carbocycles. The van der Waals surface area contributed by atoms with E-state index in [9.17, 15) is 0 Å². The zero-order valence-electron chi connectivity index (χ0n) is 11.1. The minimum absolute atomic E-state index is 0.630. The summed E-state index contributed by atoms with van der Waals surface area (Å²) in [6.45, 7) is 7.32. The zero-order valence-corrected chi connectivity index (χ0v) is 11.1. The van der Waals surface area contributed by atoms with Crippen LogP contribution in [0.2, 0.25) is 0 Å². The SMILES string of the molecule is C1CCONCCOCCOCCNCCOC1. The van der Waals surface area contributed by atoms with Crippen LogP contribution in [0.3, 0.4) is 0 Å². The van der Waals surface area contributed by atoms with E-state index in [-0.39, 0.29) is 0 Å². The lowest BCUT2D eigenvalue weighted by Crippen LogP contribution is -2.25. The first-order valence-electron chi connectivity index (χ1n) is 6.79. The monoisotopic (exact) mass is 262 g/mol. The maximum absolute atomic E-state index is 5.48. The Morgan fingerprint density at radius 3 is 1.94 bits per heavy atom. The maximum atomic E-state index is 5.48. The number of rotatable bonds is 0. The first-order valence-corrected chi connectivity index (χ1v) is 6.79. The van der Waals surface area contributed by atoms with Crippen molar-refractivity contribution in [3.05, 3.63) is 0 Å². The molecule has 0 aromatic rings. The second-order valence-corrected chi connectivity index (χ2v) is 4.04. The molecule has 1 fully saturated rings. The van der Waals surface area contributed by atoms with Gasteiger partial charge in [-0.2, -0.15) is 0 Å². The largest absolute Gasteiger partial charge is 0.380 e. The Kier molecular flexibility index (Phi) is 11.6. The molecule has 1 saturated heterocycles. The van der Waals surface area contributed by atoms with Gasteiger partial charge in [-0.1, -0.05) is 0 Å². The molecule has 0 radical (unpaired) electrons. The molecule has 0 spiro atoms. The standard InChI is InChI=1S/C12H26N2O4/c1-2-7-18-14-5-10-17-12-11-16-9-4-13-3-8-15-6-1/h13-14H,1-12H2. The summed E-state index contributed by atoms with van der Waals surface area (Å²) >= 11 is 0. The lowest BCUT2D eigenvalue weighted by atomic mass is 10.3. The van der Waals surface area contributed by atoms with Gasteiger partial charge in [0, 0.05) is 26.2 Å². The summed E-state index contributed by atoms with van der Waals surface area (Å²) in [5, 5.41) is 3.26. The molecule has 0 bridgehead atoms. The second kappa shape index (κ2) is 13.2. The van der Waals surface area contributed by atoms with Gasteiger partial charge in [0.05, 0.1) is 39.6 Å². The molecule has 1 rings (SSSR count). The van der Waals surface area contributed by atoms with Gasteiger partial charge in [0.15, 0.2) is 0 Å². The van der Waals surface area contributed by atoms with Gasteiger partial charge in [0.25, 0.3) is 0 Å². The second-order valence-electron chi connectivity index (χ2n) is 4.04. The number of nitrogens with one attached hydrogen (secondary N) is 2. The van der Waals surface area contributed by atoms with Crippen molar-refractivity contribution in [2.24, 2.45) is 0 Å². The Morgan fingerprint density at radius 2 is 1.17 bits per heavy atom. The van der Waals surface area contributed by atoms with Gasteiger partial charge in [-0.05, 0) is 12.8 Å². The predicted octanol–water partition coefficient (Wildman–Crippen LogP) is -0.0592. The van der Waals surface area contributed by atoms with E-state index in [1.165, 1.54) is 0 Å². The highest BCUT2D eigenvalue weighted by Crippen LogP contribution is 1.90. The Morgan fingerprint density at radius 1 is 0.556 bits per heavy atom. The molecule has 0 atom stereocenters. The van der Waals surface area contributed by atoms with Crippen LogP contribution in [0.4, 0.5) is 0 Å². The lowest BCUT2D eigenvalue weighted by molar-refractivity contribution is 0.00331. The van der Waals surface area contributed by atoms with E-state index < -0.39 is 0 Å². The van der Waals surface area contributed by atoms with Gasteiger partial charge < -0.3 is 24.4 Å². The molecular formula is C12H26N2O4. The smallest absolute Gasteiger partial charge is 0.0701 e. The molecule has 0 aromatic heterocycles. The van der Waals surface area contributed by atoms with Crippen LogP contribution >= 0.6 is 0 Å². The minimum Gasteiger partial charge on any atom is -0.380 e. The van der Waals surface area contributed by atoms with Crippen LogP contribution in [-0.4, -0.2) is 65.9 Å². The predicted molar refractivity (Wildman–Crippen MR) is 68.5 cm³/mol. The van der Waals surface area contributed by atoms with Crippen LogP contribution in [0.1, 0.15) is 12.8 Å². The molecule has 0 unspecified atom stereocenters. The van der Waals surface area contributed by atoms with E-state index in [1.54, 1.807) is 0 Å². The molecular weight excluding hydrogens is 236 g/mol. The first kappa shape index (κ1) is 15.8. The quantitative estimate of drug-likeness (QED) is 0.638. The molecule has 1 aliphatic heterocycles. The van der Waals surface area contributed by atoms with Crippen LogP contribution in [0, 0.1) is 0 Å². The Balaban J connectivity index is 2.00. The maximum Gasteiger partial charge on any atom is 0.0701 e. The molecule has 0 saturated carbocycles. The average molecular weight is 262 g/mol. The number of hydroxylamine groups is 1. The fourth-order valence-electron chi connectivity index (χ4n) is 1.47. The van der Waals surface area contributed by atoms with Crippen molar-refractivity contribution in [3.8, 4) is 0 Å². The van der Waals surface area contributed by atoms with E-state index >= 15 is 0 Å². The zero-order chi connectivity index (χ0) is 12.7. The van der Waals surface area contributed by atoms with Gasteiger partial charge in [0.2, 0.25) is 0 Å². The van der Waals surface area contributed by atoms with E-state index in [1.807, 2.05) is 0 Å². The normalized spacial score (nSPS) is 24.0. The first-order chi connectivity index (χ1) is 9.00. The third kappa shape index (κ3) is 10.9. The van der Waals surface area contributed by atoms with Crippen molar-refractivity contribution < 1.29 is 19.0 Å². The molecule has 0 amide bonds. The number of hydrogen-bond acceptors (Lipinski definition) is 6. The van der Waals surface area contributed by atoms with Crippen molar-refractivity contribution >= 4 is 0 Å². The summed E-state index contributed by atoms with van der Waals surface area (Å²) in [4.78, 5) is 5.25. The summed E-state index contributed by atoms with van der Waals surface area (Å²) in [5.41, 5.74) is 2.87. The van der Waals surface area contributed by atoms with E-state index in [0.717, 1.165) is 39.1 Å². The van der Waals surface area contributed by atoms with Gasteiger partial charge in [-0.15, -0.1) is 0 Å². The van der Waals surface area contributed by atoms with Gasteiger partial charge in [-0.3, -0.25) is 0 Å². The summed E-state index contributed by atoms with van der Waals surface area (Å²) in [7, 11) is 0. The third-order valence-electron chi connectivity index (χ3n) is 2.45. The van der Waals surface area contributed by atoms with Crippen LogP contribution < -0.4 is 10.8 Å². The highest BCUT2D eigenvalue weighted by Gasteiger charge is 1.94. The molecule has 1 aliphatic rings. The van der Waals surface area contributed by atoms with Crippen molar-refractivity contribution in [2.45, 2.75) is 12.8 Å². The van der Waals surface area contributed by atoms with Crippen LogP contribution in [0.5, 0.6) is 0 Å². The van der Waals surface area contributed by atoms with E-state index in [0.29, 0.717) is 39.6 Å². The Labute approximate surface area is 109 Å². The lowest BCUT2D eigenvalue weighted by Gasteiger charge is -2.09. The molecule has 2 N–H and O–H groups in total. The van der Waals surface area contributed by atoms with Crippen LogP contribution in [0.25, 0.3) is 0 Å². The molecule has 108 valence electrons. The summed E-state index contributed by atoms with van der Waals surface area (Å²) in [6, 6.07) is 0. The van der Waals surface area contributed by atoms with Crippen molar-refractivity contribution in [3.63, 3.8) is 0 Å². The Hall–Kier alpha value is -0.240. The van der Waals surface area contributed by atoms with Crippen molar-refractivity contribution in [1.29, 1.82) is 0 Å². The van der Waals surface area contributed by atoms with E-state index in [4.69, 9.17) is 19.0 Å². The third-order valence-corrected chi connectivity index (χ3v) is 2.45. The molecule has 6 nitrogen and oxygen atoms in total. The summed E-state index contributed by atoms with van der Waals surface area (Å²) in [6.07, 6.45) is 2.04. The number of hydrogen-bond donors (Lipinski definition) is 2. The fraction of sp³-hybridized carbons (Fsp3) is 1.00. The van der Waals surface area contributed by atoms with Gasteiger partial charge >= 0.3 is 0 Å². The molecule has 6 heteroatoms. The minimum atomic E-state index is 0.630. The molecule has 1 heterocycles. The highest BCUT2D eigenvalue weighted by atomic mass is 16.6. The van der Waals surface area contributed by atoms with Gasteiger partial charge in [0.1, 0.15) is 0 Å². The van der Waals surface area contributed by atoms with Crippen molar-refractivity contribution in [2.75, 3.05) is 65.9 Å². The molecule has 0 aliphatic carbocycles. The molecule has 18 heavy (non-hydrogen) atoms. The van der Waals surface area contributed by atoms with Crippen LogP contribution in [0.15, 0.2) is 0 Å². The Bertz CT molecular complexity index is 97.1. The topological polar surface area (TPSA) is 61.0 Å². The fourth-order valence-corrected chi connectivity index (χ4v) is 1.47.